The molecule has 0 bridgehead atoms. The highest BCUT2D eigenvalue weighted by atomic mass is 28.4. The third-order valence-corrected chi connectivity index (χ3v) is 8.88. The van der Waals surface area contributed by atoms with Gasteiger partial charge in [0.05, 0.1) is 5.52 Å². The lowest BCUT2D eigenvalue weighted by Crippen LogP contribution is -2.43. The molecule has 24 heavy (non-hydrogen) atoms. The summed E-state index contributed by atoms with van der Waals surface area (Å²) >= 11 is 0. The maximum absolute atomic E-state index is 11.8. The number of carbonyl (C=O) groups excluding carboxylic acids is 1. The summed E-state index contributed by atoms with van der Waals surface area (Å²) in [6, 6.07) is 5.38. The fourth-order valence-corrected chi connectivity index (χ4v) is 3.20. The lowest BCUT2D eigenvalue weighted by Gasteiger charge is -2.36. The molecule has 0 saturated carbocycles. The van der Waals surface area contributed by atoms with Crippen molar-refractivity contribution in [2.24, 2.45) is 0 Å². The fraction of sp³-hybridized carbons (Fsp3) is 0.471. The molecule has 0 spiro atoms. The maximum Gasteiger partial charge on any atom is 0.325 e. The van der Waals surface area contributed by atoms with E-state index in [-0.39, 0.29) is 23.1 Å². The summed E-state index contributed by atoms with van der Waals surface area (Å²) in [5.74, 6) is -0.525. The smallest absolute Gasteiger partial charge is 0.325 e. The van der Waals surface area contributed by atoms with Crippen LogP contribution in [-0.2, 0) is 11.3 Å². The molecule has 6 nitrogen and oxygen atoms in total. The second-order valence-corrected chi connectivity index (χ2v) is 12.2. The zero-order valence-electron chi connectivity index (χ0n) is 15.0. The summed E-state index contributed by atoms with van der Waals surface area (Å²) in [4.78, 5) is 22.8. The number of hydrogen-bond acceptors (Lipinski definition) is 4. The molecule has 1 N–H and O–H groups in total. The van der Waals surface area contributed by atoms with Crippen LogP contribution in [0.25, 0.3) is 10.9 Å². The van der Waals surface area contributed by atoms with E-state index in [9.17, 15) is 9.59 Å². The maximum atomic E-state index is 11.8. The lowest BCUT2D eigenvalue weighted by molar-refractivity contribution is -0.137. The first-order valence-corrected chi connectivity index (χ1v) is 10.8. The third-order valence-electron chi connectivity index (χ3n) is 4.52. The predicted molar refractivity (Wildman–Crippen MR) is 95.2 cm³/mol. The van der Waals surface area contributed by atoms with Crippen LogP contribution >= 0.6 is 0 Å². The Bertz CT molecular complexity index is 803. The van der Waals surface area contributed by atoms with Crippen molar-refractivity contribution in [3.05, 3.63) is 23.9 Å². The van der Waals surface area contributed by atoms with Crippen molar-refractivity contribution in [1.29, 1.82) is 0 Å². The van der Waals surface area contributed by atoms with E-state index < -0.39 is 14.3 Å². The average molecular weight is 348 g/mol. The van der Waals surface area contributed by atoms with E-state index in [1.807, 2.05) is 6.07 Å². The van der Waals surface area contributed by atoms with Gasteiger partial charge in [-0.3, -0.25) is 14.3 Å². The van der Waals surface area contributed by atoms with Crippen molar-refractivity contribution in [3.63, 3.8) is 0 Å². The molecule has 0 aliphatic heterocycles. The Labute approximate surface area is 142 Å². The standard InChI is InChI=1S/C17H24N2O4Si/c1-11(20)16-13-8-7-12(23-24(5,6)17(2,3)4)9-14(13)19(18-16)10-15(21)22/h7-9H,10H2,1-6H3,(H,21,22). The average Bonchev–Trinajstić information content (AvgIpc) is 2.75. The van der Waals surface area contributed by atoms with Crippen molar-refractivity contribution in [3.8, 4) is 5.75 Å². The minimum atomic E-state index is -2.01. The number of fused-ring (bicyclic) bond motifs is 1. The first-order valence-electron chi connectivity index (χ1n) is 7.85. The molecular formula is C17H24N2O4Si. The van der Waals surface area contributed by atoms with Crippen molar-refractivity contribution >= 4 is 31.0 Å². The second-order valence-electron chi connectivity index (χ2n) is 7.50. The molecule has 2 aromatic rings. The number of rotatable bonds is 5. The number of carbonyl (C=O) groups is 2. The molecule has 7 heteroatoms. The van der Waals surface area contributed by atoms with Crippen LogP contribution in [0.1, 0.15) is 38.2 Å². The molecule has 0 saturated heterocycles. The zero-order valence-corrected chi connectivity index (χ0v) is 16.0. The Balaban J connectivity index is 2.53. The Morgan fingerprint density at radius 2 is 1.92 bits per heavy atom. The molecule has 1 aromatic carbocycles. The number of nitrogens with zero attached hydrogens (tertiary/aromatic N) is 2. The molecule has 0 atom stereocenters. The highest BCUT2D eigenvalue weighted by Crippen LogP contribution is 2.38. The molecule has 0 aliphatic carbocycles. The molecule has 1 heterocycles. The minimum Gasteiger partial charge on any atom is -0.543 e. The summed E-state index contributed by atoms with van der Waals surface area (Å²) in [5, 5.41) is 13.9. The molecule has 130 valence electrons. The normalized spacial score (nSPS) is 12.4. The van der Waals surface area contributed by atoms with Crippen molar-refractivity contribution in [1.82, 2.24) is 9.78 Å². The summed E-state index contributed by atoms with van der Waals surface area (Å²) in [7, 11) is -2.01. The second kappa shape index (κ2) is 6.05. The van der Waals surface area contributed by atoms with Crippen LogP contribution in [-0.4, -0.2) is 35.0 Å². The van der Waals surface area contributed by atoms with E-state index in [1.54, 1.807) is 12.1 Å². The topological polar surface area (TPSA) is 81.4 Å². The predicted octanol–water partition coefficient (Wildman–Crippen LogP) is 3.71. The van der Waals surface area contributed by atoms with Crippen LogP contribution in [0.15, 0.2) is 18.2 Å². The quantitative estimate of drug-likeness (QED) is 0.658. The highest BCUT2D eigenvalue weighted by Gasteiger charge is 2.39. The number of aliphatic carboxylic acids is 1. The van der Waals surface area contributed by atoms with Crippen LogP contribution in [0.4, 0.5) is 0 Å². The summed E-state index contributed by atoms with van der Waals surface area (Å²) in [6.45, 7) is 11.9. The monoisotopic (exact) mass is 348 g/mol. The largest absolute Gasteiger partial charge is 0.543 e. The van der Waals surface area contributed by atoms with Gasteiger partial charge in [-0.15, -0.1) is 0 Å². The third kappa shape index (κ3) is 3.51. The van der Waals surface area contributed by atoms with Crippen LogP contribution in [0.3, 0.4) is 0 Å². The van der Waals surface area contributed by atoms with Crippen molar-refractivity contribution in [2.75, 3.05) is 0 Å². The Kier molecular flexibility index (Phi) is 4.58. The van der Waals surface area contributed by atoms with Crippen LogP contribution in [0.5, 0.6) is 5.75 Å². The van der Waals surface area contributed by atoms with E-state index >= 15 is 0 Å². The molecule has 0 radical (unpaired) electrons. The number of carboxylic acids is 1. The molecule has 1 aromatic heterocycles. The zero-order chi connectivity index (χ0) is 18.3. The molecule has 0 unspecified atom stereocenters. The lowest BCUT2D eigenvalue weighted by atomic mass is 10.1. The number of aromatic nitrogens is 2. The number of hydrogen-bond donors (Lipinski definition) is 1. The highest BCUT2D eigenvalue weighted by molar-refractivity contribution is 6.74. The summed E-state index contributed by atoms with van der Waals surface area (Å²) in [6.07, 6.45) is 0. The SMILES string of the molecule is CC(=O)c1nn(CC(=O)O)c2cc(O[Si](C)(C)C(C)(C)C)ccc12. The fourth-order valence-electron chi connectivity index (χ4n) is 2.17. The molecule has 0 amide bonds. The van der Waals surface area contributed by atoms with Crippen LogP contribution in [0, 0.1) is 0 Å². The Morgan fingerprint density at radius 3 is 2.42 bits per heavy atom. The van der Waals surface area contributed by atoms with Crippen molar-refractivity contribution < 1.29 is 19.1 Å². The Morgan fingerprint density at radius 1 is 1.29 bits per heavy atom. The van der Waals surface area contributed by atoms with E-state index in [2.05, 4.69) is 39.0 Å². The van der Waals surface area contributed by atoms with Crippen molar-refractivity contribution in [2.45, 2.75) is 52.4 Å². The molecule has 2 rings (SSSR count). The first-order chi connectivity index (χ1) is 10.9. The number of benzene rings is 1. The van der Waals surface area contributed by atoms with Gasteiger partial charge in [0.15, 0.2) is 5.78 Å². The molecular weight excluding hydrogens is 324 g/mol. The number of ketones is 1. The van der Waals surface area contributed by atoms with Gasteiger partial charge in [-0.25, -0.2) is 0 Å². The minimum absolute atomic E-state index is 0.0494. The van der Waals surface area contributed by atoms with Crippen LogP contribution in [0.2, 0.25) is 18.1 Å². The Hall–Kier alpha value is -2.15. The van der Waals surface area contributed by atoms with Gasteiger partial charge < -0.3 is 9.53 Å². The summed E-state index contributed by atoms with van der Waals surface area (Å²) in [5.41, 5.74) is 0.879. The van der Waals surface area contributed by atoms with Gasteiger partial charge in [0.1, 0.15) is 18.0 Å². The summed E-state index contributed by atoms with van der Waals surface area (Å²) < 4.78 is 7.61. The van der Waals surface area contributed by atoms with E-state index in [0.29, 0.717) is 16.7 Å². The van der Waals surface area contributed by atoms with Gasteiger partial charge in [0.25, 0.3) is 0 Å². The van der Waals surface area contributed by atoms with Gasteiger partial charge in [-0.05, 0) is 30.3 Å². The molecule has 0 fully saturated rings. The van der Waals surface area contributed by atoms with Gasteiger partial charge in [-0.2, -0.15) is 5.10 Å². The van der Waals surface area contributed by atoms with E-state index in [1.165, 1.54) is 11.6 Å². The van der Waals surface area contributed by atoms with E-state index in [0.717, 1.165) is 0 Å². The van der Waals surface area contributed by atoms with Gasteiger partial charge >= 0.3 is 5.97 Å². The number of carboxylic acid groups (broad SMARTS) is 1. The number of Topliss-reactive ketones (excluding diaryl/α,β-unsaturated/α-hetero) is 1. The van der Waals surface area contributed by atoms with Gasteiger partial charge in [0.2, 0.25) is 8.32 Å². The first kappa shape index (κ1) is 18.2. The molecule has 0 aliphatic rings. The van der Waals surface area contributed by atoms with E-state index in [4.69, 9.17) is 9.53 Å². The van der Waals surface area contributed by atoms with Crippen LogP contribution < -0.4 is 4.43 Å². The van der Waals surface area contributed by atoms with Gasteiger partial charge in [-0.1, -0.05) is 20.8 Å². The van der Waals surface area contributed by atoms with Gasteiger partial charge in [0, 0.05) is 18.4 Å².